The summed E-state index contributed by atoms with van der Waals surface area (Å²) in [4.78, 5) is 4.21. The number of rotatable bonds is 2. The molecule has 0 bridgehead atoms. The van der Waals surface area contributed by atoms with Crippen LogP contribution in [0.4, 0.5) is 10.3 Å². The smallest absolute Gasteiger partial charge is 0.205 e. The topological polar surface area (TPSA) is 53.1 Å². The molecular formula is C15H13BrFN3O. The van der Waals surface area contributed by atoms with Crippen LogP contribution in [0.1, 0.15) is 5.56 Å². The number of aryl methyl sites for hydroxylation is 1. The molecule has 4 nitrogen and oxygen atoms in total. The van der Waals surface area contributed by atoms with Gasteiger partial charge >= 0.3 is 0 Å². The van der Waals surface area contributed by atoms with Crippen LogP contribution in [0.15, 0.2) is 34.8 Å². The van der Waals surface area contributed by atoms with Gasteiger partial charge in [0.05, 0.1) is 22.6 Å². The van der Waals surface area contributed by atoms with Crippen molar-refractivity contribution in [3.63, 3.8) is 0 Å². The zero-order chi connectivity index (χ0) is 15.1. The van der Waals surface area contributed by atoms with Crippen LogP contribution in [0, 0.1) is 12.7 Å². The number of aromatic nitrogens is 2. The summed E-state index contributed by atoms with van der Waals surface area (Å²) in [6.45, 7) is 1.95. The Morgan fingerprint density at radius 1 is 1.29 bits per heavy atom. The Balaban J connectivity index is 2.27. The van der Waals surface area contributed by atoms with Crippen molar-refractivity contribution < 1.29 is 9.13 Å². The highest BCUT2D eigenvalue weighted by molar-refractivity contribution is 9.10. The summed E-state index contributed by atoms with van der Waals surface area (Å²) in [6.07, 6.45) is 0. The number of benzene rings is 2. The van der Waals surface area contributed by atoms with Gasteiger partial charge in [-0.15, -0.1) is 0 Å². The van der Waals surface area contributed by atoms with E-state index in [-0.39, 0.29) is 5.82 Å². The van der Waals surface area contributed by atoms with Crippen molar-refractivity contribution >= 4 is 32.9 Å². The third-order valence-electron chi connectivity index (χ3n) is 3.36. The maximum Gasteiger partial charge on any atom is 0.205 e. The first-order valence-electron chi connectivity index (χ1n) is 6.29. The molecule has 0 amide bonds. The Kier molecular flexibility index (Phi) is 3.33. The molecule has 0 aliphatic heterocycles. The number of imidazole rings is 1. The molecule has 21 heavy (non-hydrogen) atoms. The summed E-state index contributed by atoms with van der Waals surface area (Å²) in [5.41, 5.74) is 9.08. The van der Waals surface area contributed by atoms with Gasteiger partial charge in [0, 0.05) is 11.8 Å². The molecule has 0 saturated carbocycles. The number of hydrogen-bond donors (Lipinski definition) is 1. The Morgan fingerprint density at radius 2 is 2.05 bits per heavy atom. The molecule has 0 fully saturated rings. The molecule has 1 aromatic heterocycles. The van der Waals surface area contributed by atoms with Gasteiger partial charge < -0.3 is 10.5 Å². The van der Waals surface area contributed by atoms with Gasteiger partial charge in [-0.1, -0.05) is 0 Å². The number of anilines is 1. The number of nitrogens with zero attached hydrogens (tertiary/aromatic N) is 2. The Hall–Kier alpha value is -2.08. The fourth-order valence-electron chi connectivity index (χ4n) is 2.36. The normalized spacial score (nSPS) is 11.0. The van der Waals surface area contributed by atoms with Gasteiger partial charge in [-0.05, 0) is 52.7 Å². The van der Waals surface area contributed by atoms with Gasteiger partial charge in [0.1, 0.15) is 11.6 Å². The van der Waals surface area contributed by atoms with E-state index in [9.17, 15) is 4.39 Å². The van der Waals surface area contributed by atoms with Gasteiger partial charge in [-0.2, -0.15) is 0 Å². The highest BCUT2D eigenvalue weighted by Gasteiger charge is 2.13. The summed E-state index contributed by atoms with van der Waals surface area (Å²) in [5, 5.41) is 0. The van der Waals surface area contributed by atoms with Crippen molar-refractivity contribution in [2.24, 2.45) is 0 Å². The first-order valence-corrected chi connectivity index (χ1v) is 7.08. The average molecular weight is 350 g/mol. The number of nitrogen functional groups attached to an aromatic ring is 1. The molecule has 0 atom stereocenters. The molecule has 2 aromatic carbocycles. The lowest BCUT2D eigenvalue weighted by Crippen LogP contribution is -2.01. The third-order valence-corrected chi connectivity index (χ3v) is 3.97. The van der Waals surface area contributed by atoms with Crippen molar-refractivity contribution in [3.05, 3.63) is 46.2 Å². The van der Waals surface area contributed by atoms with Crippen molar-refractivity contribution in [2.45, 2.75) is 6.92 Å². The van der Waals surface area contributed by atoms with Crippen LogP contribution in [-0.4, -0.2) is 16.7 Å². The van der Waals surface area contributed by atoms with E-state index in [1.54, 1.807) is 17.7 Å². The SMILES string of the molecule is COc1ccc(-n2c(N)nc3cc(F)c(Br)cc32)cc1C. The molecule has 3 aromatic rings. The molecule has 3 rings (SSSR count). The molecule has 1 heterocycles. The number of halogens is 2. The summed E-state index contributed by atoms with van der Waals surface area (Å²) in [5.74, 6) is 0.749. The highest BCUT2D eigenvalue weighted by Crippen LogP contribution is 2.29. The van der Waals surface area contributed by atoms with E-state index in [2.05, 4.69) is 20.9 Å². The predicted octanol–water partition coefficient (Wildman–Crippen LogP) is 3.83. The van der Waals surface area contributed by atoms with Crippen LogP contribution in [0.25, 0.3) is 16.7 Å². The number of fused-ring (bicyclic) bond motifs is 1. The third kappa shape index (κ3) is 2.25. The minimum Gasteiger partial charge on any atom is -0.496 e. The van der Waals surface area contributed by atoms with Crippen molar-refractivity contribution in [2.75, 3.05) is 12.8 Å². The van der Waals surface area contributed by atoms with Gasteiger partial charge in [0.25, 0.3) is 0 Å². The number of ether oxygens (including phenoxy) is 1. The van der Waals surface area contributed by atoms with Gasteiger partial charge in [-0.25, -0.2) is 9.37 Å². The molecular weight excluding hydrogens is 337 g/mol. The van der Waals surface area contributed by atoms with Crippen molar-refractivity contribution in [1.29, 1.82) is 0 Å². The Bertz CT molecular complexity index is 845. The van der Waals surface area contributed by atoms with E-state index in [1.807, 2.05) is 25.1 Å². The lowest BCUT2D eigenvalue weighted by molar-refractivity contribution is 0.411. The Morgan fingerprint density at radius 3 is 2.71 bits per heavy atom. The molecule has 0 saturated heterocycles. The van der Waals surface area contributed by atoms with E-state index in [4.69, 9.17) is 10.5 Å². The highest BCUT2D eigenvalue weighted by atomic mass is 79.9. The zero-order valence-electron chi connectivity index (χ0n) is 11.5. The summed E-state index contributed by atoms with van der Waals surface area (Å²) >= 11 is 3.19. The van der Waals surface area contributed by atoms with Crippen LogP contribution in [0.5, 0.6) is 5.75 Å². The van der Waals surface area contributed by atoms with Crippen LogP contribution in [0.3, 0.4) is 0 Å². The van der Waals surface area contributed by atoms with E-state index in [0.29, 0.717) is 15.9 Å². The second-order valence-corrected chi connectivity index (χ2v) is 5.57. The average Bonchev–Trinajstić information content (AvgIpc) is 2.74. The van der Waals surface area contributed by atoms with E-state index < -0.39 is 0 Å². The lowest BCUT2D eigenvalue weighted by atomic mass is 10.2. The second-order valence-electron chi connectivity index (χ2n) is 4.71. The predicted molar refractivity (Wildman–Crippen MR) is 84.4 cm³/mol. The molecule has 0 aliphatic rings. The Labute approximate surface area is 129 Å². The standard InChI is InChI=1S/C15H13BrFN3O/c1-8-5-9(3-4-14(8)21-2)20-13-6-10(16)11(17)7-12(13)19-15(20)18/h3-7H,1-2H3,(H2,18,19). The quantitative estimate of drug-likeness (QED) is 0.764. The van der Waals surface area contributed by atoms with E-state index >= 15 is 0 Å². The fraction of sp³-hybridized carbons (Fsp3) is 0.133. The first-order chi connectivity index (χ1) is 10.0. The molecule has 0 aliphatic carbocycles. The monoisotopic (exact) mass is 349 g/mol. The van der Waals surface area contributed by atoms with E-state index in [1.165, 1.54) is 6.07 Å². The molecule has 0 unspecified atom stereocenters. The van der Waals surface area contributed by atoms with Gasteiger partial charge in [-0.3, -0.25) is 4.57 Å². The minimum absolute atomic E-state index is 0.312. The minimum atomic E-state index is -0.363. The van der Waals surface area contributed by atoms with Gasteiger partial charge in [0.15, 0.2) is 0 Å². The summed E-state index contributed by atoms with van der Waals surface area (Å²) < 4.78 is 21.0. The number of methoxy groups -OCH3 is 1. The fourth-order valence-corrected chi connectivity index (χ4v) is 2.70. The van der Waals surface area contributed by atoms with Crippen LogP contribution in [-0.2, 0) is 0 Å². The number of hydrogen-bond acceptors (Lipinski definition) is 3. The molecule has 0 radical (unpaired) electrons. The first kappa shape index (κ1) is 13.9. The van der Waals surface area contributed by atoms with Crippen molar-refractivity contribution in [3.8, 4) is 11.4 Å². The molecule has 108 valence electrons. The maximum absolute atomic E-state index is 13.6. The zero-order valence-corrected chi connectivity index (χ0v) is 13.1. The van der Waals surface area contributed by atoms with Crippen LogP contribution < -0.4 is 10.5 Å². The van der Waals surface area contributed by atoms with Gasteiger partial charge in [0.2, 0.25) is 5.95 Å². The second kappa shape index (κ2) is 5.04. The summed E-state index contributed by atoms with van der Waals surface area (Å²) in [6, 6.07) is 8.75. The van der Waals surface area contributed by atoms with E-state index in [0.717, 1.165) is 22.5 Å². The molecule has 6 heteroatoms. The summed E-state index contributed by atoms with van der Waals surface area (Å²) in [7, 11) is 1.63. The maximum atomic E-state index is 13.6. The molecule has 2 N–H and O–H groups in total. The van der Waals surface area contributed by atoms with Crippen LogP contribution in [0.2, 0.25) is 0 Å². The van der Waals surface area contributed by atoms with Crippen molar-refractivity contribution in [1.82, 2.24) is 9.55 Å². The molecule has 0 spiro atoms. The largest absolute Gasteiger partial charge is 0.496 e. The van der Waals surface area contributed by atoms with Crippen LogP contribution >= 0.6 is 15.9 Å². The number of nitrogens with two attached hydrogens (primary N) is 1. The lowest BCUT2D eigenvalue weighted by Gasteiger charge is -2.10.